The molecule has 150 valence electrons. The molecule has 0 aliphatic heterocycles. The molecule has 2 N–H and O–H groups in total. The zero-order valence-corrected chi connectivity index (χ0v) is 17.3. The second-order valence-electron chi connectivity index (χ2n) is 6.51. The first-order valence-electron chi connectivity index (χ1n) is 8.88. The Morgan fingerprint density at radius 1 is 0.964 bits per heavy atom. The SMILES string of the molecule is CCN(CC(=O)Nc1ccc(NC(C)=O)cc1)S(=O)(=O)c1ccc(C)cc1C. The van der Waals surface area contributed by atoms with E-state index in [-0.39, 0.29) is 23.9 Å². The molecule has 2 aromatic rings. The largest absolute Gasteiger partial charge is 0.326 e. The van der Waals surface area contributed by atoms with Crippen molar-refractivity contribution in [2.75, 3.05) is 23.7 Å². The number of nitrogens with one attached hydrogen (secondary N) is 2. The van der Waals surface area contributed by atoms with Crippen LogP contribution in [0, 0.1) is 13.8 Å². The molecule has 0 aliphatic carbocycles. The first-order valence-corrected chi connectivity index (χ1v) is 10.3. The van der Waals surface area contributed by atoms with Crippen LogP contribution in [0.1, 0.15) is 25.0 Å². The van der Waals surface area contributed by atoms with Crippen LogP contribution in [0.15, 0.2) is 47.4 Å². The second kappa shape index (κ2) is 8.99. The van der Waals surface area contributed by atoms with E-state index in [4.69, 9.17) is 0 Å². The van der Waals surface area contributed by atoms with Gasteiger partial charge in [-0.3, -0.25) is 9.59 Å². The molecule has 0 aromatic heterocycles. The Labute approximate surface area is 165 Å². The number of hydrogen-bond donors (Lipinski definition) is 2. The molecule has 0 heterocycles. The third kappa shape index (κ3) is 5.40. The smallest absolute Gasteiger partial charge is 0.243 e. The third-order valence-corrected chi connectivity index (χ3v) is 6.19. The Hall–Kier alpha value is -2.71. The number of rotatable bonds is 7. The normalized spacial score (nSPS) is 11.3. The van der Waals surface area contributed by atoms with Crippen molar-refractivity contribution in [2.45, 2.75) is 32.6 Å². The number of likely N-dealkylation sites (N-methyl/N-ethyl adjacent to an activating group) is 1. The van der Waals surface area contributed by atoms with Crippen LogP contribution < -0.4 is 10.6 Å². The molecular formula is C20H25N3O4S. The van der Waals surface area contributed by atoms with Crippen LogP contribution in [0.3, 0.4) is 0 Å². The zero-order chi connectivity index (χ0) is 20.9. The Balaban J connectivity index is 2.11. The zero-order valence-electron chi connectivity index (χ0n) is 16.4. The number of carbonyl (C=O) groups excluding carboxylic acids is 2. The molecule has 0 saturated heterocycles. The summed E-state index contributed by atoms with van der Waals surface area (Å²) in [7, 11) is -3.78. The van der Waals surface area contributed by atoms with Gasteiger partial charge in [-0.1, -0.05) is 24.6 Å². The number of amides is 2. The lowest BCUT2D eigenvalue weighted by atomic mass is 10.2. The first-order chi connectivity index (χ1) is 13.1. The molecule has 0 bridgehead atoms. The van der Waals surface area contributed by atoms with Gasteiger partial charge in [0.25, 0.3) is 0 Å². The van der Waals surface area contributed by atoms with Gasteiger partial charge in [0.2, 0.25) is 21.8 Å². The first kappa shape index (κ1) is 21.6. The highest BCUT2D eigenvalue weighted by molar-refractivity contribution is 7.89. The van der Waals surface area contributed by atoms with Gasteiger partial charge in [-0.2, -0.15) is 4.31 Å². The fraction of sp³-hybridized carbons (Fsp3) is 0.300. The predicted molar refractivity (Wildman–Crippen MR) is 110 cm³/mol. The van der Waals surface area contributed by atoms with Crippen molar-refractivity contribution in [1.29, 1.82) is 0 Å². The highest BCUT2D eigenvalue weighted by Gasteiger charge is 2.26. The summed E-state index contributed by atoms with van der Waals surface area (Å²) in [5, 5.41) is 5.31. The Kier molecular flexibility index (Phi) is 6.93. The standard InChI is InChI=1S/C20H25N3O4S/c1-5-23(28(26,27)19-11-6-14(2)12-15(19)3)13-20(25)22-18-9-7-17(8-10-18)21-16(4)24/h6-12H,5,13H2,1-4H3,(H,21,24)(H,22,25). The van der Waals surface area contributed by atoms with E-state index in [9.17, 15) is 18.0 Å². The van der Waals surface area contributed by atoms with Crippen molar-refractivity contribution >= 4 is 33.2 Å². The highest BCUT2D eigenvalue weighted by Crippen LogP contribution is 2.21. The number of carbonyl (C=O) groups is 2. The van der Waals surface area contributed by atoms with E-state index in [1.165, 1.54) is 6.92 Å². The predicted octanol–water partition coefficient (Wildman–Crippen LogP) is 2.91. The van der Waals surface area contributed by atoms with Gasteiger partial charge in [0.05, 0.1) is 11.4 Å². The molecule has 0 radical (unpaired) electrons. The van der Waals surface area contributed by atoms with E-state index in [0.717, 1.165) is 9.87 Å². The van der Waals surface area contributed by atoms with Crippen molar-refractivity contribution < 1.29 is 18.0 Å². The summed E-state index contributed by atoms with van der Waals surface area (Å²) in [6, 6.07) is 11.7. The van der Waals surface area contributed by atoms with Gasteiger partial charge in [0, 0.05) is 24.8 Å². The van der Waals surface area contributed by atoms with Crippen molar-refractivity contribution in [3.8, 4) is 0 Å². The molecule has 0 atom stereocenters. The quantitative estimate of drug-likeness (QED) is 0.743. The number of nitrogens with zero attached hydrogens (tertiary/aromatic N) is 1. The van der Waals surface area contributed by atoms with E-state index in [1.54, 1.807) is 56.3 Å². The maximum atomic E-state index is 12.9. The fourth-order valence-corrected chi connectivity index (χ4v) is 4.41. The topological polar surface area (TPSA) is 95.6 Å². The van der Waals surface area contributed by atoms with Gasteiger partial charge in [-0.15, -0.1) is 0 Å². The van der Waals surface area contributed by atoms with Gasteiger partial charge >= 0.3 is 0 Å². The van der Waals surface area contributed by atoms with Crippen LogP contribution in [0.4, 0.5) is 11.4 Å². The summed E-state index contributed by atoms with van der Waals surface area (Å²) in [6.45, 7) is 6.61. The van der Waals surface area contributed by atoms with Crippen LogP contribution >= 0.6 is 0 Å². The molecule has 8 heteroatoms. The molecule has 0 spiro atoms. The summed E-state index contributed by atoms with van der Waals surface area (Å²) in [4.78, 5) is 23.6. The lowest BCUT2D eigenvalue weighted by molar-refractivity contribution is -0.116. The minimum absolute atomic E-state index is 0.171. The van der Waals surface area contributed by atoms with E-state index < -0.39 is 15.9 Å². The maximum absolute atomic E-state index is 12.9. The van der Waals surface area contributed by atoms with Gasteiger partial charge in [-0.25, -0.2) is 8.42 Å². The summed E-state index contributed by atoms with van der Waals surface area (Å²) >= 11 is 0. The van der Waals surface area contributed by atoms with Crippen LogP contribution in [0.5, 0.6) is 0 Å². The molecule has 2 amide bonds. The van der Waals surface area contributed by atoms with Crippen LogP contribution in [-0.2, 0) is 19.6 Å². The third-order valence-electron chi connectivity index (χ3n) is 4.11. The summed E-state index contributed by atoms with van der Waals surface area (Å²) in [6.07, 6.45) is 0. The Morgan fingerprint density at radius 3 is 2.04 bits per heavy atom. The highest BCUT2D eigenvalue weighted by atomic mass is 32.2. The van der Waals surface area contributed by atoms with Crippen molar-refractivity contribution in [1.82, 2.24) is 4.31 Å². The van der Waals surface area contributed by atoms with Gasteiger partial charge < -0.3 is 10.6 Å². The number of sulfonamides is 1. The minimum atomic E-state index is -3.78. The summed E-state index contributed by atoms with van der Waals surface area (Å²) < 4.78 is 27.0. The van der Waals surface area contributed by atoms with E-state index in [2.05, 4.69) is 10.6 Å². The van der Waals surface area contributed by atoms with Gasteiger partial charge in [-0.05, 0) is 49.7 Å². The molecule has 7 nitrogen and oxygen atoms in total. The van der Waals surface area contributed by atoms with Gasteiger partial charge in [0.15, 0.2) is 0 Å². The molecular weight excluding hydrogens is 378 g/mol. The Morgan fingerprint density at radius 2 is 1.54 bits per heavy atom. The van der Waals surface area contributed by atoms with E-state index in [0.29, 0.717) is 16.9 Å². The lowest BCUT2D eigenvalue weighted by Crippen LogP contribution is -2.38. The summed E-state index contributed by atoms with van der Waals surface area (Å²) in [5.41, 5.74) is 2.74. The van der Waals surface area contributed by atoms with Crippen molar-refractivity contribution in [3.05, 3.63) is 53.6 Å². The second-order valence-corrected chi connectivity index (χ2v) is 8.41. The monoisotopic (exact) mass is 403 g/mol. The molecule has 28 heavy (non-hydrogen) atoms. The van der Waals surface area contributed by atoms with Crippen LogP contribution in [-0.4, -0.2) is 37.6 Å². The molecule has 0 fully saturated rings. The lowest BCUT2D eigenvalue weighted by Gasteiger charge is -2.21. The number of benzene rings is 2. The average Bonchev–Trinajstić information content (AvgIpc) is 2.60. The van der Waals surface area contributed by atoms with Gasteiger partial charge in [0.1, 0.15) is 0 Å². The number of hydrogen-bond acceptors (Lipinski definition) is 4. The molecule has 0 aliphatic rings. The molecule has 0 saturated carbocycles. The summed E-state index contributed by atoms with van der Waals surface area (Å²) in [5.74, 6) is -0.630. The van der Waals surface area contributed by atoms with Crippen LogP contribution in [0.25, 0.3) is 0 Å². The van der Waals surface area contributed by atoms with E-state index >= 15 is 0 Å². The van der Waals surface area contributed by atoms with Crippen molar-refractivity contribution in [2.24, 2.45) is 0 Å². The van der Waals surface area contributed by atoms with E-state index in [1.807, 2.05) is 6.92 Å². The minimum Gasteiger partial charge on any atom is -0.326 e. The molecule has 2 rings (SSSR count). The van der Waals surface area contributed by atoms with Crippen LogP contribution in [0.2, 0.25) is 0 Å². The van der Waals surface area contributed by atoms with Crippen molar-refractivity contribution in [3.63, 3.8) is 0 Å². The number of anilines is 2. The maximum Gasteiger partial charge on any atom is 0.243 e. The fourth-order valence-electron chi connectivity index (χ4n) is 2.80. The Bertz CT molecular complexity index is 969. The molecule has 0 unspecified atom stereocenters. The average molecular weight is 404 g/mol. The number of aryl methyl sites for hydroxylation is 2. The molecule has 2 aromatic carbocycles.